The third-order valence-corrected chi connectivity index (χ3v) is 4.41. The Bertz CT molecular complexity index is 435. The van der Waals surface area contributed by atoms with Crippen LogP contribution in [0.1, 0.15) is 43.1 Å². The third kappa shape index (κ3) is 2.09. The van der Waals surface area contributed by atoms with Gasteiger partial charge in [-0.3, -0.25) is 0 Å². The van der Waals surface area contributed by atoms with Crippen molar-refractivity contribution < 1.29 is 4.74 Å². The van der Waals surface area contributed by atoms with Crippen molar-refractivity contribution in [1.29, 1.82) is 0 Å². The summed E-state index contributed by atoms with van der Waals surface area (Å²) in [4.78, 5) is 9.35. The molecule has 1 heterocycles. The van der Waals surface area contributed by atoms with Crippen LogP contribution in [0.5, 0.6) is 0 Å². The molecule has 3 unspecified atom stereocenters. The van der Waals surface area contributed by atoms with E-state index in [4.69, 9.17) is 9.72 Å². The lowest BCUT2D eigenvalue weighted by Gasteiger charge is -2.21. The maximum Gasteiger partial charge on any atom is 0.134 e. The van der Waals surface area contributed by atoms with Crippen molar-refractivity contribution in [3.8, 4) is 0 Å². The smallest absolute Gasteiger partial charge is 0.134 e. The van der Waals surface area contributed by atoms with E-state index in [2.05, 4.69) is 10.3 Å². The summed E-state index contributed by atoms with van der Waals surface area (Å²) in [5.74, 6) is 4.26. The summed E-state index contributed by atoms with van der Waals surface area (Å²) in [5.41, 5.74) is 0.981. The standard InChI is InChI=1S/C14H21N3O/c1-15-13-7-11(8-18-2)16-14(17-13)12-6-9-3-4-10(12)5-9/h7,9-10,12H,3-6,8H2,1-2H3,(H,15,16,17). The van der Waals surface area contributed by atoms with Gasteiger partial charge in [0.15, 0.2) is 0 Å². The van der Waals surface area contributed by atoms with Crippen molar-refractivity contribution in [2.45, 2.75) is 38.2 Å². The molecule has 3 rings (SSSR count). The zero-order valence-corrected chi connectivity index (χ0v) is 11.1. The van der Waals surface area contributed by atoms with Gasteiger partial charge in [0.25, 0.3) is 0 Å². The van der Waals surface area contributed by atoms with Crippen LogP contribution in [0.15, 0.2) is 6.07 Å². The fourth-order valence-corrected chi connectivity index (χ4v) is 3.59. The normalized spacial score (nSPS) is 29.8. The molecule has 98 valence electrons. The molecule has 0 radical (unpaired) electrons. The summed E-state index contributed by atoms with van der Waals surface area (Å²) in [6.45, 7) is 0.561. The Morgan fingerprint density at radius 1 is 1.33 bits per heavy atom. The molecule has 1 aromatic heterocycles. The Labute approximate surface area is 108 Å². The Hall–Kier alpha value is -1.16. The van der Waals surface area contributed by atoms with Crippen LogP contribution in [0.25, 0.3) is 0 Å². The largest absolute Gasteiger partial charge is 0.378 e. The molecule has 4 heteroatoms. The van der Waals surface area contributed by atoms with Gasteiger partial charge in [0.1, 0.15) is 11.6 Å². The van der Waals surface area contributed by atoms with E-state index in [1.807, 2.05) is 13.1 Å². The van der Waals surface area contributed by atoms with Crippen molar-refractivity contribution in [2.75, 3.05) is 19.5 Å². The van der Waals surface area contributed by atoms with Crippen LogP contribution in [0.4, 0.5) is 5.82 Å². The summed E-state index contributed by atoms with van der Waals surface area (Å²) in [6, 6.07) is 1.97. The minimum Gasteiger partial charge on any atom is -0.378 e. The molecule has 0 saturated heterocycles. The van der Waals surface area contributed by atoms with Crippen molar-refractivity contribution in [3.05, 3.63) is 17.6 Å². The van der Waals surface area contributed by atoms with Crippen LogP contribution in [0.2, 0.25) is 0 Å². The molecule has 0 aromatic carbocycles. The Balaban J connectivity index is 1.88. The minimum atomic E-state index is 0.561. The van der Waals surface area contributed by atoms with Crippen LogP contribution < -0.4 is 5.32 Å². The monoisotopic (exact) mass is 247 g/mol. The summed E-state index contributed by atoms with van der Waals surface area (Å²) in [7, 11) is 3.61. The molecule has 0 aliphatic heterocycles. The number of hydrogen-bond donors (Lipinski definition) is 1. The van der Waals surface area contributed by atoms with Gasteiger partial charge in [-0.1, -0.05) is 6.42 Å². The molecule has 2 fully saturated rings. The van der Waals surface area contributed by atoms with Crippen molar-refractivity contribution >= 4 is 5.82 Å². The lowest BCUT2D eigenvalue weighted by Crippen LogP contribution is -2.14. The van der Waals surface area contributed by atoms with Gasteiger partial charge in [-0.25, -0.2) is 9.97 Å². The van der Waals surface area contributed by atoms with Gasteiger partial charge < -0.3 is 10.1 Å². The number of nitrogens with zero attached hydrogens (tertiary/aromatic N) is 2. The van der Waals surface area contributed by atoms with Crippen molar-refractivity contribution in [3.63, 3.8) is 0 Å². The molecule has 2 saturated carbocycles. The first-order valence-electron chi connectivity index (χ1n) is 6.84. The molecular weight excluding hydrogens is 226 g/mol. The van der Waals surface area contributed by atoms with Crippen LogP contribution in [-0.2, 0) is 11.3 Å². The number of aromatic nitrogens is 2. The molecule has 0 spiro atoms. The predicted octanol–water partition coefficient (Wildman–Crippen LogP) is 2.57. The van der Waals surface area contributed by atoms with E-state index in [9.17, 15) is 0 Å². The third-order valence-electron chi connectivity index (χ3n) is 4.41. The van der Waals surface area contributed by atoms with Crippen LogP contribution in [-0.4, -0.2) is 24.1 Å². The van der Waals surface area contributed by atoms with Gasteiger partial charge in [0, 0.05) is 26.1 Å². The zero-order chi connectivity index (χ0) is 12.5. The van der Waals surface area contributed by atoms with Gasteiger partial charge in [-0.15, -0.1) is 0 Å². The maximum absolute atomic E-state index is 5.19. The van der Waals surface area contributed by atoms with E-state index in [0.29, 0.717) is 12.5 Å². The topological polar surface area (TPSA) is 47.0 Å². The molecule has 3 atom stereocenters. The number of fused-ring (bicyclic) bond motifs is 2. The lowest BCUT2D eigenvalue weighted by molar-refractivity contribution is 0.181. The van der Waals surface area contributed by atoms with Gasteiger partial charge in [0.05, 0.1) is 12.3 Å². The molecule has 4 nitrogen and oxygen atoms in total. The first-order valence-corrected chi connectivity index (χ1v) is 6.84. The van der Waals surface area contributed by atoms with Crippen LogP contribution in [0, 0.1) is 11.8 Å². The summed E-state index contributed by atoms with van der Waals surface area (Å²) in [6.07, 6.45) is 5.45. The first-order chi connectivity index (χ1) is 8.80. The van der Waals surface area contributed by atoms with Gasteiger partial charge in [-0.2, -0.15) is 0 Å². The summed E-state index contributed by atoms with van der Waals surface area (Å²) >= 11 is 0. The van der Waals surface area contributed by atoms with E-state index in [-0.39, 0.29) is 0 Å². The van der Waals surface area contributed by atoms with Gasteiger partial charge in [-0.05, 0) is 31.1 Å². The molecule has 1 N–H and O–H groups in total. The van der Waals surface area contributed by atoms with E-state index in [0.717, 1.165) is 29.2 Å². The van der Waals surface area contributed by atoms with Gasteiger partial charge >= 0.3 is 0 Å². The highest BCUT2D eigenvalue weighted by molar-refractivity contribution is 5.36. The molecule has 0 amide bonds. The molecule has 18 heavy (non-hydrogen) atoms. The van der Waals surface area contributed by atoms with Crippen molar-refractivity contribution in [1.82, 2.24) is 9.97 Å². The minimum absolute atomic E-state index is 0.561. The SMILES string of the molecule is CNc1cc(COC)nc(C2CC3CCC2C3)n1. The van der Waals surface area contributed by atoms with E-state index in [1.54, 1.807) is 7.11 Å². The Morgan fingerprint density at radius 3 is 2.83 bits per heavy atom. The van der Waals surface area contributed by atoms with E-state index < -0.39 is 0 Å². The maximum atomic E-state index is 5.19. The first kappa shape index (κ1) is 11.9. The summed E-state index contributed by atoms with van der Waals surface area (Å²) in [5, 5.41) is 3.13. The van der Waals surface area contributed by atoms with E-state index in [1.165, 1.54) is 25.7 Å². The van der Waals surface area contributed by atoms with Crippen LogP contribution in [0.3, 0.4) is 0 Å². The molecule has 2 bridgehead atoms. The number of anilines is 1. The number of hydrogen-bond acceptors (Lipinski definition) is 4. The highest BCUT2D eigenvalue weighted by atomic mass is 16.5. The summed E-state index contributed by atoms with van der Waals surface area (Å²) < 4.78 is 5.19. The fourth-order valence-electron chi connectivity index (χ4n) is 3.59. The quantitative estimate of drug-likeness (QED) is 0.888. The number of ether oxygens (including phenoxy) is 1. The molecular formula is C14H21N3O. The second-order valence-electron chi connectivity index (χ2n) is 5.57. The fraction of sp³-hybridized carbons (Fsp3) is 0.714. The second-order valence-corrected chi connectivity index (χ2v) is 5.57. The molecule has 2 aliphatic rings. The highest BCUT2D eigenvalue weighted by Crippen LogP contribution is 2.52. The number of rotatable bonds is 4. The molecule has 1 aromatic rings. The van der Waals surface area contributed by atoms with E-state index >= 15 is 0 Å². The second kappa shape index (κ2) is 4.84. The molecule has 2 aliphatic carbocycles. The number of methoxy groups -OCH3 is 1. The predicted molar refractivity (Wildman–Crippen MR) is 70.5 cm³/mol. The zero-order valence-electron chi connectivity index (χ0n) is 11.1. The highest BCUT2D eigenvalue weighted by Gasteiger charge is 2.41. The average Bonchev–Trinajstić information content (AvgIpc) is 3.01. The van der Waals surface area contributed by atoms with Gasteiger partial charge in [0.2, 0.25) is 0 Å². The Morgan fingerprint density at radius 2 is 2.22 bits per heavy atom. The number of nitrogens with one attached hydrogen (secondary N) is 1. The van der Waals surface area contributed by atoms with Crippen molar-refractivity contribution in [2.24, 2.45) is 11.8 Å². The van der Waals surface area contributed by atoms with Crippen LogP contribution >= 0.6 is 0 Å². The Kier molecular flexibility index (Phi) is 3.20. The average molecular weight is 247 g/mol. The lowest BCUT2D eigenvalue weighted by atomic mass is 9.88.